The smallest absolute Gasteiger partial charge is 0.408 e. The second-order valence-electron chi connectivity index (χ2n) is 8.34. The van der Waals surface area contributed by atoms with Crippen molar-refractivity contribution in [3.63, 3.8) is 0 Å². The minimum atomic E-state index is -0.777. The molecule has 1 saturated carbocycles. The van der Waals surface area contributed by atoms with E-state index in [-0.39, 0.29) is 37.6 Å². The molecule has 0 bridgehead atoms. The van der Waals surface area contributed by atoms with Gasteiger partial charge in [-0.15, -0.1) is 0 Å². The molecule has 172 valence electrons. The molecule has 2 rings (SSSR count). The van der Waals surface area contributed by atoms with Crippen molar-refractivity contribution in [2.24, 2.45) is 5.92 Å². The van der Waals surface area contributed by atoms with Gasteiger partial charge in [0, 0.05) is 6.04 Å². The molecule has 0 radical (unpaired) electrons. The van der Waals surface area contributed by atoms with Crippen LogP contribution in [0.25, 0.3) is 0 Å². The number of carbonyl (C=O) groups is 3. The van der Waals surface area contributed by atoms with Crippen molar-refractivity contribution in [1.29, 1.82) is 0 Å². The van der Waals surface area contributed by atoms with Crippen LogP contribution in [-0.2, 0) is 25.7 Å². The topological polar surface area (TPSA) is 84.9 Å². The predicted octanol–water partition coefficient (Wildman–Crippen LogP) is 4.05. The van der Waals surface area contributed by atoms with Crippen molar-refractivity contribution in [2.75, 3.05) is 13.2 Å². The van der Waals surface area contributed by atoms with Gasteiger partial charge in [-0.25, -0.2) is 4.79 Å². The molecule has 0 unspecified atom stereocenters. The Kier molecular flexibility index (Phi) is 10.3. The molecule has 1 aromatic carbocycles. The Hall–Kier alpha value is -2.57. The Morgan fingerprint density at radius 1 is 1.03 bits per heavy atom. The molecule has 1 fully saturated rings. The number of amides is 2. The molecular formula is C24H36N2O5. The van der Waals surface area contributed by atoms with Crippen LogP contribution in [-0.4, -0.2) is 48.1 Å². The summed E-state index contributed by atoms with van der Waals surface area (Å²) in [6.45, 7) is 5.79. The first-order chi connectivity index (χ1) is 14.9. The lowest BCUT2D eigenvalue weighted by Crippen LogP contribution is -2.55. The van der Waals surface area contributed by atoms with Gasteiger partial charge in [0.05, 0.1) is 6.61 Å². The number of carbonyl (C=O) groups excluding carboxylic acids is 3. The summed E-state index contributed by atoms with van der Waals surface area (Å²) in [6.07, 6.45) is 5.38. The van der Waals surface area contributed by atoms with Crippen LogP contribution < -0.4 is 5.32 Å². The largest absolute Gasteiger partial charge is 0.465 e. The van der Waals surface area contributed by atoms with Gasteiger partial charge in [0.25, 0.3) is 0 Å². The fraction of sp³-hybridized carbons (Fsp3) is 0.625. The number of hydrogen-bond donors (Lipinski definition) is 1. The summed E-state index contributed by atoms with van der Waals surface area (Å²) >= 11 is 0. The van der Waals surface area contributed by atoms with E-state index in [1.54, 1.807) is 11.8 Å². The van der Waals surface area contributed by atoms with Crippen molar-refractivity contribution < 1.29 is 23.9 Å². The standard InChI is InChI=1S/C24H36N2O5/c1-4-30-21(27)16-26(20-14-10-5-6-11-15-20)23(28)22(18(2)3)25-24(29)31-17-19-12-8-7-9-13-19/h7-9,12-13,18,20,22H,4-6,10-11,14-17H2,1-3H3,(H,25,29)/t22-/m0/s1. The van der Waals surface area contributed by atoms with Crippen LogP contribution in [0.3, 0.4) is 0 Å². The highest BCUT2D eigenvalue weighted by atomic mass is 16.5. The number of benzene rings is 1. The number of nitrogens with zero attached hydrogens (tertiary/aromatic N) is 1. The highest BCUT2D eigenvalue weighted by Gasteiger charge is 2.34. The van der Waals surface area contributed by atoms with Crippen molar-refractivity contribution in [3.8, 4) is 0 Å². The van der Waals surface area contributed by atoms with Gasteiger partial charge in [-0.3, -0.25) is 9.59 Å². The maximum absolute atomic E-state index is 13.5. The molecule has 1 aromatic rings. The molecule has 2 amide bonds. The predicted molar refractivity (Wildman–Crippen MR) is 118 cm³/mol. The molecule has 0 spiro atoms. The fourth-order valence-corrected chi connectivity index (χ4v) is 3.89. The maximum Gasteiger partial charge on any atom is 0.408 e. The Balaban J connectivity index is 2.08. The third kappa shape index (κ3) is 8.23. The quantitative estimate of drug-likeness (QED) is 0.470. The molecule has 31 heavy (non-hydrogen) atoms. The molecule has 0 aliphatic heterocycles. The minimum Gasteiger partial charge on any atom is -0.465 e. The average Bonchev–Trinajstić information content (AvgIpc) is 3.04. The summed E-state index contributed by atoms with van der Waals surface area (Å²) in [7, 11) is 0. The molecular weight excluding hydrogens is 396 g/mol. The van der Waals surface area contributed by atoms with Crippen LogP contribution in [0.2, 0.25) is 0 Å². The summed E-state index contributed by atoms with van der Waals surface area (Å²) in [5.41, 5.74) is 0.868. The number of rotatable bonds is 9. The van der Waals surface area contributed by atoms with Gasteiger partial charge in [0.1, 0.15) is 19.2 Å². The summed E-state index contributed by atoms with van der Waals surface area (Å²) in [5.74, 6) is -0.840. The zero-order valence-electron chi connectivity index (χ0n) is 19.0. The SMILES string of the molecule is CCOC(=O)CN(C(=O)[C@@H](NC(=O)OCc1ccccc1)C(C)C)C1CCCCCC1. The van der Waals surface area contributed by atoms with E-state index >= 15 is 0 Å². The Labute approximate surface area is 185 Å². The number of ether oxygens (including phenoxy) is 2. The second kappa shape index (κ2) is 13.0. The monoisotopic (exact) mass is 432 g/mol. The molecule has 0 aromatic heterocycles. The number of alkyl carbamates (subject to hydrolysis) is 1. The third-order valence-corrected chi connectivity index (χ3v) is 5.57. The molecule has 1 aliphatic carbocycles. The van der Waals surface area contributed by atoms with E-state index in [4.69, 9.17) is 9.47 Å². The molecule has 1 atom stereocenters. The lowest BCUT2D eigenvalue weighted by Gasteiger charge is -2.34. The van der Waals surface area contributed by atoms with E-state index in [0.717, 1.165) is 44.1 Å². The van der Waals surface area contributed by atoms with E-state index in [9.17, 15) is 14.4 Å². The Bertz CT molecular complexity index is 699. The van der Waals surface area contributed by atoms with Crippen LogP contribution in [0.4, 0.5) is 4.79 Å². The first-order valence-corrected chi connectivity index (χ1v) is 11.4. The molecule has 0 saturated heterocycles. The van der Waals surface area contributed by atoms with Gasteiger partial charge in [-0.2, -0.15) is 0 Å². The molecule has 1 aliphatic rings. The van der Waals surface area contributed by atoms with Gasteiger partial charge in [0.15, 0.2) is 0 Å². The second-order valence-corrected chi connectivity index (χ2v) is 8.34. The highest BCUT2D eigenvalue weighted by Crippen LogP contribution is 2.23. The van der Waals surface area contributed by atoms with E-state index < -0.39 is 18.1 Å². The van der Waals surface area contributed by atoms with Crippen LogP contribution in [0.1, 0.15) is 64.9 Å². The third-order valence-electron chi connectivity index (χ3n) is 5.57. The summed E-state index contributed by atoms with van der Waals surface area (Å²) in [4.78, 5) is 39.8. The van der Waals surface area contributed by atoms with Crippen LogP contribution >= 0.6 is 0 Å². The van der Waals surface area contributed by atoms with Crippen LogP contribution in [0, 0.1) is 5.92 Å². The number of nitrogens with one attached hydrogen (secondary N) is 1. The van der Waals surface area contributed by atoms with Crippen molar-refractivity contribution in [1.82, 2.24) is 10.2 Å². The molecule has 1 N–H and O–H groups in total. The van der Waals surface area contributed by atoms with Gasteiger partial charge < -0.3 is 19.7 Å². The first-order valence-electron chi connectivity index (χ1n) is 11.4. The van der Waals surface area contributed by atoms with Crippen molar-refractivity contribution in [2.45, 2.75) is 78.0 Å². The zero-order chi connectivity index (χ0) is 22.6. The van der Waals surface area contributed by atoms with Gasteiger partial charge in [-0.05, 0) is 31.2 Å². The van der Waals surface area contributed by atoms with Crippen molar-refractivity contribution >= 4 is 18.0 Å². The Morgan fingerprint density at radius 2 is 1.68 bits per heavy atom. The fourth-order valence-electron chi connectivity index (χ4n) is 3.89. The lowest BCUT2D eigenvalue weighted by atomic mass is 10.00. The lowest BCUT2D eigenvalue weighted by molar-refractivity contribution is -0.151. The van der Waals surface area contributed by atoms with Gasteiger partial charge >= 0.3 is 12.1 Å². The van der Waals surface area contributed by atoms with Gasteiger partial charge in [0.2, 0.25) is 5.91 Å². The van der Waals surface area contributed by atoms with E-state index in [0.29, 0.717) is 0 Å². The van der Waals surface area contributed by atoms with Crippen LogP contribution in [0.15, 0.2) is 30.3 Å². The summed E-state index contributed by atoms with van der Waals surface area (Å²) in [6, 6.07) is 8.57. The minimum absolute atomic E-state index is 0.0252. The van der Waals surface area contributed by atoms with Crippen LogP contribution in [0.5, 0.6) is 0 Å². The van der Waals surface area contributed by atoms with E-state index in [1.807, 2.05) is 44.2 Å². The zero-order valence-corrected chi connectivity index (χ0v) is 19.0. The van der Waals surface area contributed by atoms with Gasteiger partial charge in [-0.1, -0.05) is 69.9 Å². The maximum atomic E-state index is 13.5. The summed E-state index contributed by atoms with van der Waals surface area (Å²) in [5, 5.41) is 2.72. The Morgan fingerprint density at radius 3 is 2.26 bits per heavy atom. The number of hydrogen-bond acceptors (Lipinski definition) is 5. The molecule has 7 heteroatoms. The normalized spacial score (nSPS) is 15.6. The molecule has 0 heterocycles. The van der Waals surface area contributed by atoms with Crippen molar-refractivity contribution in [3.05, 3.63) is 35.9 Å². The summed E-state index contributed by atoms with van der Waals surface area (Å²) < 4.78 is 10.4. The first kappa shape index (κ1) is 24.7. The highest BCUT2D eigenvalue weighted by molar-refractivity contribution is 5.88. The number of esters is 1. The average molecular weight is 433 g/mol. The van der Waals surface area contributed by atoms with E-state index in [2.05, 4.69) is 5.32 Å². The molecule has 7 nitrogen and oxygen atoms in total. The van der Waals surface area contributed by atoms with E-state index in [1.165, 1.54) is 0 Å².